The highest BCUT2D eigenvalue weighted by atomic mass is 35.5. The summed E-state index contributed by atoms with van der Waals surface area (Å²) < 4.78 is 1.54. The number of aliphatic hydroxyl groups excluding tert-OH is 1. The predicted molar refractivity (Wildman–Crippen MR) is 62.8 cm³/mol. The van der Waals surface area contributed by atoms with Gasteiger partial charge in [-0.2, -0.15) is 5.10 Å². The summed E-state index contributed by atoms with van der Waals surface area (Å²) in [6.07, 6.45) is 0.397. The van der Waals surface area contributed by atoms with E-state index in [1.165, 1.54) is 10.9 Å². The van der Waals surface area contributed by atoms with E-state index in [-0.39, 0.29) is 23.4 Å². The highest BCUT2D eigenvalue weighted by molar-refractivity contribution is 6.33. The Morgan fingerprint density at radius 1 is 1.44 bits per heavy atom. The Balaban J connectivity index is 3.12. The molecule has 0 bridgehead atoms. The molecule has 0 saturated carbocycles. The number of carbonyl (C=O) groups excluding carboxylic acids is 1. The van der Waals surface area contributed by atoms with E-state index < -0.39 is 6.10 Å². The molecule has 0 amide bonds. The summed E-state index contributed by atoms with van der Waals surface area (Å²) in [4.78, 5) is 12.0. The van der Waals surface area contributed by atoms with Crippen LogP contribution in [0.1, 0.15) is 44.2 Å². The molecule has 1 unspecified atom stereocenters. The number of rotatable bonds is 4. The molecule has 0 fully saturated rings. The Labute approximate surface area is 100 Å². The molecule has 90 valence electrons. The zero-order chi connectivity index (χ0) is 12.5. The zero-order valence-electron chi connectivity index (χ0n) is 9.94. The summed E-state index contributed by atoms with van der Waals surface area (Å²) in [7, 11) is 0. The van der Waals surface area contributed by atoms with Crippen LogP contribution >= 0.6 is 11.6 Å². The van der Waals surface area contributed by atoms with Gasteiger partial charge in [-0.25, -0.2) is 0 Å². The largest absolute Gasteiger partial charge is 0.385 e. The lowest BCUT2D eigenvalue weighted by atomic mass is 10.0. The molecule has 1 N–H and O–H groups in total. The van der Waals surface area contributed by atoms with Crippen molar-refractivity contribution in [1.29, 1.82) is 0 Å². The molecule has 1 rings (SSSR count). The number of ketones is 1. The highest BCUT2D eigenvalue weighted by Gasteiger charge is 2.27. The molecule has 1 aromatic heterocycles. The molecule has 1 atom stereocenters. The van der Waals surface area contributed by atoms with Crippen molar-refractivity contribution in [3.8, 4) is 0 Å². The molecule has 0 saturated heterocycles. The highest BCUT2D eigenvalue weighted by Crippen LogP contribution is 2.22. The lowest BCUT2D eigenvalue weighted by Crippen LogP contribution is -2.29. The molecule has 0 spiro atoms. The van der Waals surface area contributed by atoms with Gasteiger partial charge < -0.3 is 5.11 Å². The topological polar surface area (TPSA) is 55.1 Å². The molecular formula is C11H17ClN2O2. The minimum atomic E-state index is -1.04. The van der Waals surface area contributed by atoms with E-state index in [4.69, 9.17) is 11.6 Å². The van der Waals surface area contributed by atoms with E-state index in [0.29, 0.717) is 5.02 Å². The number of hydrogen-bond acceptors (Lipinski definition) is 3. The Morgan fingerprint density at radius 3 is 2.44 bits per heavy atom. The molecular weight excluding hydrogens is 228 g/mol. The van der Waals surface area contributed by atoms with Crippen LogP contribution in [0.3, 0.4) is 0 Å². The summed E-state index contributed by atoms with van der Waals surface area (Å²) in [6.45, 7) is 7.38. The van der Waals surface area contributed by atoms with E-state index in [2.05, 4.69) is 5.10 Å². The van der Waals surface area contributed by atoms with E-state index in [1.54, 1.807) is 13.8 Å². The molecule has 0 aliphatic heterocycles. The minimum Gasteiger partial charge on any atom is -0.385 e. The van der Waals surface area contributed by atoms with Gasteiger partial charge in [-0.15, -0.1) is 0 Å². The van der Waals surface area contributed by atoms with Crippen molar-refractivity contribution in [2.45, 2.75) is 39.8 Å². The number of carbonyl (C=O) groups is 1. The van der Waals surface area contributed by atoms with Crippen LogP contribution in [-0.2, 0) is 0 Å². The standard InChI is InChI=1S/C11H17ClN2O2/c1-6(2)10(15)11(16)9-8(12)5-13-14(9)7(3)4/h5-7,10,15H,1-4H3. The van der Waals surface area contributed by atoms with Crippen molar-refractivity contribution in [3.05, 3.63) is 16.9 Å². The first-order valence-electron chi connectivity index (χ1n) is 5.31. The SMILES string of the molecule is CC(C)C(O)C(=O)c1c(Cl)cnn1C(C)C. The van der Waals surface area contributed by atoms with Gasteiger partial charge in [0, 0.05) is 6.04 Å². The van der Waals surface area contributed by atoms with Crippen molar-refractivity contribution in [3.63, 3.8) is 0 Å². The Hall–Kier alpha value is -0.870. The van der Waals surface area contributed by atoms with Crippen LogP contribution in [0.2, 0.25) is 5.02 Å². The molecule has 0 aliphatic rings. The fourth-order valence-corrected chi connectivity index (χ4v) is 1.63. The fourth-order valence-electron chi connectivity index (χ4n) is 1.41. The first kappa shape index (κ1) is 13.2. The number of nitrogens with zero attached hydrogens (tertiary/aromatic N) is 2. The first-order valence-corrected chi connectivity index (χ1v) is 5.69. The average Bonchev–Trinajstić information content (AvgIpc) is 2.57. The van der Waals surface area contributed by atoms with Gasteiger partial charge in [0.1, 0.15) is 11.8 Å². The Bertz CT molecular complexity index is 385. The maximum absolute atomic E-state index is 12.0. The van der Waals surface area contributed by atoms with Crippen LogP contribution in [0, 0.1) is 5.92 Å². The summed E-state index contributed by atoms with van der Waals surface area (Å²) in [5.41, 5.74) is 0.290. The maximum atomic E-state index is 12.0. The first-order chi connectivity index (χ1) is 7.36. The zero-order valence-corrected chi connectivity index (χ0v) is 10.7. The van der Waals surface area contributed by atoms with Gasteiger partial charge in [0.25, 0.3) is 0 Å². The maximum Gasteiger partial charge on any atom is 0.211 e. The van der Waals surface area contributed by atoms with Gasteiger partial charge in [-0.05, 0) is 19.8 Å². The van der Waals surface area contributed by atoms with Crippen LogP contribution in [-0.4, -0.2) is 26.8 Å². The number of Topliss-reactive ketones (excluding diaryl/α,β-unsaturated/α-hetero) is 1. The van der Waals surface area contributed by atoms with Crippen LogP contribution in [0.5, 0.6) is 0 Å². The summed E-state index contributed by atoms with van der Waals surface area (Å²) in [5, 5.41) is 14.1. The molecule has 5 heteroatoms. The van der Waals surface area contributed by atoms with Gasteiger partial charge in [0.2, 0.25) is 5.78 Å². The third-order valence-electron chi connectivity index (χ3n) is 2.37. The van der Waals surface area contributed by atoms with E-state index in [1.807, 2.05) is 13.8 Å². The third kappa shape index (κ3) is 2.44. The minimum absolute atomic E-state index is 0.0332. The smallest absolute Gasteiger partial charge is 0.211 e. The van der Waals surface area contributed by atoms with Gasteiger partial charge in [0.15, 0.2) is 0 Å². The van der Waals surface area contributed by atoms with Gasteiger partial charge >= 0.3 is 0 Å². The van der Waals surface area contributed by atoms with Crippen molar-refractivity contribution < 1.29 is 9.90 Å². The number of aliphatic hydroxyl groups is 1. The van der Waals surface area contributed by atoms with Crippen molar-refractivity contribution in [2.75, 3.05) is 0 Å². The molecule has 4 nitrogen and oxygen atoms in total. The van der Waals surface area contributed by atoms with Gasteiger partial charge in [0.05, 0.1) is 11.2 Å². The van der Waals surface area contributed by atoms with Crippen LogP contribution in [0.25, 0.3) is 0 Å². The second-order valence-electron chi connectivity index (χ2n) is 4.43. The molecule has 1 heterocycles. The van der Waals surface area contributed by atoms with E-state index >= 15 is 0 Å². The lowest BCUT2D eigenvalue weighted by Gasteiger charge is -2.16. The van der Waals surface area contributed by atoms with Crippen molar-refractivity contribution >= 4 is 17.4 Å². The van der Waals surface area contributed by atoms with E-state index in [9.17, 15) is 9.90 Å². The number of halogens is 1. The molecule has 16 heavy (non-hydrogen) atoms. The van der Waals surface area contributed by atoms with Crippen LogP contribution in [0.4, 0.5) is 0 Å². The number of aromatic nitrogens is 2. The molecule has 1 aromatic rings. The monoisotopic (exact) mass is 244 g/mol. The second-order valence-corrected chi connectivity index (χ2v) is 4.84. The lowest BCUT2D eigenvalue weighted by molar-refractivity contribution is 0.0634. The number of hydrogen-bond donors (Lipinski definition) is 1. The van der Waals surface area contributed by atoms with Crippen molar-refractivity contribution in [1.82, 2.24) is 9.78 Å². The quantitative estimate of drug-likeness (QED) is 0.827. The summed E-state index contributed by atoms with van der Waals surface area (Å²) in [5.74, 6) is -0.509. The fraction of sp³-hybridized carbons (Fsp3) is 0.636. The molecule has 0 aromatic carbocycles. The Kier molecular flexibility index (Phi) is 4.10. The normalized spacial score (nSPS) is 13.5. The van der Waals surface area contributed by atoms with Gasteiger partial charge in [-0.3, -0.25) is 9.48 Å². The Morgan fingerprint density at radius 2 is 2.00 bits per heavy atom. The van der Waals surface area contributed by atoms with Crippen molar-refractivity contribution in [2.24, 2.45) is 5.92 Å². The molecule has 0 aliphatic carbocycles. The summed E-state index contributed by atoms with van der Waals surface area (Å²) >= 11 is 5.92. The predicted octanol–water partition coefficient (Wildman–Crippen LogP) is 2.32. The molecule has 0 radical (unpaired) electrons. The van der Waals surface area contributed by atoms with Crippen LogP contribution in [0.15, 0.2) is 6.20 Å². The van der Waals surface area contributed by atoms with Crippen LogP contribution < -0.4 is 0 Å². The second kappa shape index (κ2) is 4.97. The third-order valence-corrected chi connectivity index (χ3v) is 2.65. The van der Waals surface area contributed by atoms with E-state index in [0.717, 1.165) is 0 Å². The average molecular weight is 245 g/mol. The van der Waals surface area contributed by atoms with Gasteiger partial charge in [-0.1, -0.05) is 25.4 Å². The summed E-state index contributed by atoms with van der Waals surface area (Å²) in [6, 6.07) is 0.0332.